The van der Waals surface area contributed by atoms with E-state index in [0.29, 0.717) is 49.7 Å². The van der Waals surface area contributed by atoms with Gasteiger partial charge in [0.2, 0.25) is 0 Å². The van der Waals surface area contributed by atoms with E-state index in [0.717, 1.165) is 31.6 Å². The summed E-state index contributed by atoms with van der Waals surface area (Å²) < 4.78 is 11.6. The Kier molecular flexibility index (Phi) is 7.68. The third-order valence-electron chi connectivity index (χ3n) is 6.60. The SMILES string of the molecule is O=C(COc1ccccc1)N1CCCN(CC2CN(C(=O)c3cnc4ccccc4n3)CCO2)CC1. The minimum absolute atomic E-state index is 0.00267. The van der Waals surface area contributed by atoms with Crippen LogP contribution in [0.15, 0.2) is 60.8 Å². The van der Waals surface area contributed by atoms with E-state index < -0.39 is 0 Å². The number of morpholine rings is 1. The van der Waals surface area contributed by atoms with Gasteiger partial charge in [0.05, 0.1) is 29.9 Å². The second kappa shape index (κ2) is 11.5. The molecule has 1 unspecified atom stereocenters. The molecule has 2 saturated heterocycles. The lowest BCUT2D eigenvalue weighted by molar-refractivity contribution is -0.133. The normalized spacial score (nSPS) is 19.2. The van der Waals surface area contributed by atoms with Gasteiger partial charge >= 0.3 is 0 Å². The van der Waals surface area contributed by atoms with Crippen molar-refractivity contribution in [2.24, 2.45) is 0 Å². The summed E-state index contributed by atoms with van der Waals surface area (Å²) >= 11 is 0. The van der Waals surface area contributed by atoms with Crippen molar-refractivity contribution >= 4 is 22.8 Å². The van der Waals surface area contributed by atoms with E-state index >= 15 is 0 Å². The zero-order valence-electron chi connectivity index (χ0n) is 20.3. The Hall–Kier alpha value is -3.56. The van der Waals surface area contributed by atoms with Crippen LogP contribution in [-0.4, -0.2) is 102 Å². The first-order valence-electron chi connectivity index (χ1n) is 12.5. The van der Waals surface area contributed by atoms with Crippen LogP contribution in [0.5, 0.6) is 5.75 Å². The second-order valence-electron chi connectivity index (χ2n) is 9.12. The highest BCUT2D eigenvalue weighted by Crippen LogP contribution is 2.15. The van der Waals surface area contributed by atoms with Crippen LogP contribution in [0.25, 0.3) is 11.0 Å². The van der Waals surface area contributed by atoms with Crippen molar-refractivity contribution in [2.45, 2.75) is 12.5 Å². The molecule has 0 N–H and O–H groups in total. The molecule has 9 heteroatoms. The van der Waals surface area contributed by atoms with Crippen molar-refractivity contribution in [1.82, 2.24) is 24.7 Å². The number of hydrogen-bond donors (Lipinski definition) is 0. The van der Waals surface area contributed by atoms with Gasteiger partial charge in [-0.05, 0) is 37.2 Å². The quantitative estimate of drug-likeness (QED) is 0.524. The van der Waals surface area contributed by atoms with E-state index in [1.807, 2.05) is 64.4 Å². The summed E-state index contributed by atoms with van der Waals surface area (Å²) in [5.74, 6) is 0.584. The van der Waals surface area contributed by atoms with Gasteiger partial charge < -0.3 is 19.3 Å². The van der Waals surface area contributed by atoms with Gasteiger partial charge in [-0.2, -0.15) is 0 Å². The third kappa shape index (κ3) is 5.98. The first kappa shape index (κ1) is 24.1. The Morgan fingerprint density at radius 2 is 1.72 bits per heavy atom. The van der Waals surface area contributed by atoms with Crippen LogP contribution in [-0.2, 0) is 9.53 Å². The van der Waals surface area contributed by atoms with Gasteiger partial charge in [-0.1, -0.05) is 30.3 Å². The molecule has 0 saturated carbocycles. The predicted octanol–water partition coefficient (Wildman–Crippen LogP) is 2.08. The molecule has 5 rings (SSSR count). The summed E-state index contributed by atoms with van der Waals surface area (Å²) in [6, 6.07) is 16.9. The molecule has 2 aromatic carbocycles. The lowest BCUT2D eigenvalue weighted by Gasteiger charge is -2.35. The summed E-state index contributed by atoms with van der Waals surface area (Å²) in [6.45, 7) is 5.31. The minimum atomic E-state index is -0.118. The maximum atomic E-state index is 13.1. The zero-order valence-corrected chi connectivity index (χ0v) is 20.3. The monoisotopic (exact) mass is 489 g/mol. The third-order valence-corrected chi connectivity index (χ3v) is 6.60. The Balaban J connectivity index is 1.12. The average Bonchev–Trinajstić information content (AvgIpc) is 3.17. The molecule has 0 bridgehead atoms. The molecule has 1 atom stereocenters. The molecule has 3 heterocycles. The molecule has 188 valence electrons. The van der Waals surface area contributed by atoms with Crippen LogP contribution < -0.4 is 4.74 Å². The van der Waals surface area contributed by atoms with E-state index in [9.17, 15) is 9.59 Å². The van der Waals surface area contributed by atoms with Crippen LogP contribution >= 0.6 is 0 Å². The Labute approximate surface area is 210 Å². The Bertz CT molecular complexity index is 1190. The van der Waals surface area contributed by atoms with Gasteiger partial charge in [-0.15, -0.1) is 0 Å². The molecule has 0 spiro atoms. The molecule has 0 aliphatic carbocycles. The molecule has 2 aliphatic rings. The number of amides is 2. The van der Waals surface area contributed by atoms with Crippen LogP contribution in [0.2, 0.25) is 0 Å². The maximum absolute atomic E-state index is 13.1. The van der Waals surface area contributed by atoms with Crippen LogP contribution in [0, 0.1) is 0 Å². The number of ether oxygens (including phenoxy) is 2. The molecule has 9 nitrogen and oxygen atoms in total. The standard InChI is InChI=1S/C27H31N5O4/c33-26(20-36-21-7-2-1-3-8-21)31-12-6-11-30(13-14-31)18-22-19-32(15-16-35-22)27(34)25-17-28-23-9-4-5-10-24(23)29-25/h1-5,7-10,17,22H,6,11-16,18-20H2. The number of carbonyl (C=O) groups is 2. The van der Waals surface area contributed by atoms with Gasteiger partial charge in [-0.3, -0.25) is 19.5 Å². The van der Waals surface area contributed by atoms with Crippen molar-refractivity contribution in [3.8, 4) is 5.75 Å². The summed E-state index contributed by atoms with van der Waals surface area (Å²) in [5, 5.41) is 0. The molecule has 0 radical (unpaired) electrons. The van der Waals surface area contributed by atoms with Gasteiger partial charge in [0.25, 0.3) is 11.8 Å². The fourth-order valence-corrected chi connectivity index (χ4v) is 4.68. The van der Waals surface area contributed by atoms with E-state index in [1.54, 1.807) is 6.20 Å². The highest BCUT2D eigenvalue weighted by atomic mass is 16.5. The summed E-state index contributed by atoms with van der Waals surface area (Å²) in [4.78, 5) is 40.7. The highest BCUT2D eigenvalue weighted by Gasteiger charge is 2.28. The lowest BCUT2D eigenvalue weighted by Crippen LogP contribution is -2.50. The number of aromatic nitrogens is 2. The van der Waals surface area contributed by atoms with Crippen molar-refractivity contribution in [2.75, 3.05) is 59.0 Å². The molecule has 2 amide bonds. The number of rotatable bonds is 6. The molecular formula is C27H31N5O4. The summed E-state index contributed by atoms with van der Waals surface area (Å²) in [7, 11) is 0. The molecule has 36 heavy (non-hydrogen) atoms. The first-order valence-corrected chi connectivity index (χ1v) is 12.5. The fourth-order valence-electron chi connectivity index (χ4n) is 4.68. The van der Waals surface area contributed by atoms with Crippen LogP contribution in [0.3, 0.4) is 0 Å². The Morgan fingerprint density at radius 1 is 0.917 bits per heavy atom. The van der Waals surface area contributed by atoms with Crippen molar-refractivity contribution < 1.29 is 19.1 Å². The molecule has 1 aromatic heterocycles. The highest BCUT2D eigenvalue weighted by molar-refractivity contribution is 5.93. The fraction of sp³-hybridized carbons (Fsp3) is 0.407. The van der Waals surface area contributed by atoms with Gasteiger partial charge in [0.15, 0.2) is 6.61 Å². The van der Waals surface area contributed by atoms with E-state index in [1.165, 1.54) is 0 Å². The number of para-hydroxylation sites is 3. The van der Waals surface area contributed by atoms with Crippen molar-refractivity contribution in [3.63, 3.8) is 0 Å². The predicted molar refractivity (Wildman–Crippen MR) is 135 cm³/mol. The minimum Gasteiger partial charge on any atom is -0.484 e. The molecule has 3 aromatic rings. The van der Waals surface area contributed by atoms with Gasteiger partial charge in [0, 0.05) is 39.3 Å². The number of nitrogens with zero attached hydrogens (tertiary/aromatic N) is 5. The van der Waals surface area contributed by atoms with Crippen LogP contribution in [0.4, 0.5) is 0 Å². The van der Waals surface area contributed by atoms with Gasteiger partial charge in [0.1, 0.15) is 11.4 Å². The molecule has 2 fully saturated rings. The number of benzene rings is 2. The smallest absolute Gasteiger partial charge is 0.274 e. The number of fused-ring (bicyclic) bond motifs is 1. The molecular weight excluding hydrogens is 458 g/mol. The lowest BCUT2D eigenvalue weighted by atomic mass is 10.2. The zero-order chi connectivity index (χ0) is 24.7. The summed E-state index contributed by atoms with van der Waals surface area (Å²) in [6.07, 6.45) is 2.36. The number of hydrogen-bond acceptors (Lipinski definition) is 7. The van der Waals surface area contributed by atoms with E-state index in [-0.39, 0.29) is 24.5 Å². The van der Waals surface area contributed by atoms with Gasteiger partial charge in [-0.25, -0.2) is 4.98 Å². The summed E-state index contributed by atoms with van der Waals surface area (Å²) in [5.41, 5.74) is 1.84. The van der Waals surface area contributed by atoms with E-state index in [4.69, 9.17) is 9.47 Å². The second-order valence-corrected chi connectivity index (χ2v) is 9.12. The molecule has 2 aliphatic heterocycles. The Morgan fingerprint density at radius 3 is 2.58 bits per heavy atom. The van der Waals surface area contributed by atoms with Crippen molar-refractivity contribution in [3.05, 3.63) is 66.5 Å². The average molecular weight is 490 g/mol. The van der Waals surface area contributed by atoms with Crippen LogP contribution in [0.1, 0.15) is 16.9 Å². The number of carbonyl (C=O) groups excluding carboxylic acids is 2. The first-order chi connectivity index (χ1) is 17.7. The van der Waals surface area contributed by atoms with E-state index in [2.05, 4.69) is 14.9 Å². The maximum Gasteiger partial charge on any atom is 0.274 e. The topological polar surface area (TPSA) is 88.1 Å². The largest absolute Gasteiger partial charge is 0.484 e. The van der Waals surface area contributed by atoms with Crippen molar-refractivity contribution in [1.29, 1.82) is 0 Å².